The second kappa shape index (κ2) is 16.0. The molecule has 6 nitrogen and oxygen atoms in total. The van der Waals surface area contributed by atoms with E-state index in [1.807, 2.05) is 55.6 Å². The number of hydrogen-bond donors (Lipinski definition) is 2. The zero-order valence-corrected chi connectivity index (χ0v) is 24.6. The van der Waals surface area contributed by atoms with Crippen LogP contribution >= 0.6 is 11.8 Å². The van der Waals surface area contributed by atoms with Crippen molar-refractivity contribution in [2.24, 2.45) is 0 Å². The van der Waals surface area contributed by atoms with Crippen LogP contribution in [0.2, 0.25) is 0 Å². The molecule has 0 bridgehead atoms. The molecule has 3 aromatic carbocycles. The third-order valence-electron chi connectivity index (χ3n) is 7.25. The predicted octanol–water partition coefficient (Wildman–Crippen LogP) is 2.90. The van der Waals surface area contributed by atoms with Crippen LogP contribution in [0.5, 0.6) is 0 Å². The smallest absolute Gasteiger partial charge is 1.00 e. The maximum atomic E-state index is 13.3. The van der Waals surface area contributed by atoms with Crippen molar-refractivity contribution in [3.8, 4) is 11.1 Å². The predicted molar refractivity (Wildman–Crippen MR) is 159 cm³/mol. The summed E-state index contributed by atoms with van der Waals surface area (Å²) in [5.74, 6) is -0.738. The third-order valence-corrected chi connectivity index (χ3v) is 7.89. The fraction of sp³-hybridized carbons (Fsp3) is 0.375. The standard InChI is InChI=1S/C32H38N2O4S.Li.H/c1-23-8-6-7-11-27(23)29-20-25(12-13-28(29)31(35)33-30(32(36)37)16-19-39-2)22-38-26-14-17-34(18-15-26)21-24-9-4-3-5-10-24;;/h3-13,20,26,30H,14-19,21-22H2,1-2H3,(H,33,35)(H,36,37);;/q;+1;-1. The van der Waals surface area contributed by atoms with Crippen molar-refractivity contribution in [3.63, 3.8) is 0 Å². The van der Waals surface area contributed by atoms with Gasteiger partial charge in [0.1, 0.15) is 6.04 Å². The summed E-state index contributed by atoms with van der Waals surface area (Å²) in [5.41, 5.74) is 5.59. The van der Waals surface area contributed by atoms with E-state index in [0.717, 1.165) is 54.7 Å². The number of hydrogen-bond acceptors (Lipinski definition) is 5. The van der Waals surface area contributed by atoms with Crippen LogP contribution in [0.25, 0.3) is 11.1 Å². The van der Waals surface area contributed by atoms with Crippen LogP contribution in [0.4, 0.5) is 0 Å². The number of benzene rings is 3. The van der Waals surface area contributed by atoms with Gasteiger partial charge in [-0.3, -0.25) is 9.69 Å². The van der Waals surface area contributed by atoms with E-state index < -0.39 is 12.0 Å². The summed E-state index contributed by atoms with van der Waals surface area (Å²) in [6, 6.07) is 23.3. The number of carboxylic acids is 1. The quantitative estimate of drug-likeness (QED) is 0.336. The van der Waals surface area contributed by atoms with Gasteiger partial charge >= 0.3 is 24.8 Å². The summed E-state index contributed by atoms with van der Waals surface area (Å²) in [7, 11) is 0. The Bertz CT molecular complexity index is 1260. The van der Waals surface area contributed by atoms with Gasteiger partial charge in [0.2, 0.25) is 0 Å². The second-order valence-corrected chi connectivity index (χ2v) is 11.1. The van der Waals surface area contributed by atoms with Crippen LogP contribution in [0, 0.1) is 6.92 Å². The molecule has 208 valence electrons. The first-order valence-electron chi connectivity index (χ1n) is 13.5. The first-order valence-corrected chi connectivity index (χ1v) is 14.9. The Morgan fingerprint density at radius 1 is 1.02 bits per heavy atom. The Morgan fingerprint density at radius 3 is 2.40 bits per heavy atom. The number of aryl methyl sites for hydroxylation is 1. The number of ether oxygens (including phenoxy) is 1. The molecule has 3 aromatic rings. The van der Waals surface area contributed by atoms with Crippen LogP contribution in [-0.4, -0.2) is 59.1 Å². The number of amides is 1. The summed E-state index contributed by atoms with van der Waals surface area (Å²) in [6.07, 6.45) is 4.48. The maximum absolute atomic E-state index is 13.3. The number of rotatable bonds is 12. The van der Waals surface area contributed by atoms with Gasteiger partial charge in [-0.2, -0.15) is 11.8 Å². The van der Waals surface area contributed by atoms with Crippen LogP contribution in [0.15, 0.2) is 72.8 Å². The van der Waals surface area contributed by atoms with Crippen molar-refractivity contribution < 1.29 is 39.7 Å². The van der Waals surface area contributed by atoms with E-state index in [4.69, 9.17) is 4.74 Å². The van der Waals surface area contributed by atoms with Gasteiger partial charge in [0, 0.05) is 25.2 Å². The molecule has 4 rings (SSSR count). The van der Waals surface area contributed by atoms with Crippen molar-refractivity contribution in [3.05, 3.63) is 95.1 Å². The summed E-state index contributed by atoms with van der Waals surface area (Å²) >= 11 is 1.56. The molecule has 0 aliphatic carbocycles. The molecule has 2 N–H and O–H groups in total. The molecule has 1 aliphatic heterocycles. The van der Waals surface area contributed by atoms with Gasteiger partial charge in [-0.1, -0.05) is 60.7 Å². The van der Waals surface area contributed by atoms with Crippen molar-refractivity contribution in [1.82, 2.24) is 10.2 Å². The SMILES string of the molecule is CSCCC(NC(=O)c1ccc(COC2CCN(Cc3ccccc3)CC2)cc1-c1ccccc1C)C(=O)O.[H-].[Li+]. The number of piperidine rings is 1. The van der Waals surface area contributed by atoms with Crippen LogP contribution in [-0.2, 0) is 22.7 Å². The van der Waals surface area contributed by atoms with Crippen LogP contribution in [0.1, 0.15) is 47.7 Å². The molecule has 1 heterocycles. The zero-order chi connectivity index (χ0) is 27.6. The summed E-state index contributed by atoms with van der Waals surface area (Å²) < 4.78 is 6.32. The molecule has 1 fully saturated rings. The van der Waals surface area contributed by atoms with E-state index >= 15 is 0 Å². The molecule has 1 amide bonds. The molecule has 0 aromatic heterocycles. The van der Waals surface area contributed by atoms with Crippen molar-refractivity contribution >= 4 is 23.6 Å². The molecule has 0 saturated carbocycles. The Labute approximate surface area is 255 Å². The first-order chi connectivity index (χ1) is 18.9. The van der Waals surface area contributed by atoms with E-state index in [-0.39, 0.29) is 32.3 Å². The van der Waals surface area contributed by atoms with Gasteiger partial charge in [-0.25, -0.2) is 4.79 Å². The third kappa shape index (κ3) is 8.99. The van der Waals surface area contributed by atoms with Crippen LogP contribution in [0.3, 0.4) is 0 Å². The Hall–Kier alpha value is -2.53. The van der Waals surface area contributed by atoms with Crippen molar-refractivity contribution in [2.45, 2.75) is 51.5 Å². The Kier molecular flexibility index (Phi) is 12.8. The number of nitrogens with one attached hydrogen (secondary N) is 1. The van der Waals surface area contributed by atoms with E-state index in [1.54, 1.807) is 17.8 Å². The summed E-state index contributed by atoms with van der Waals surface area (Å²) in [6.45, 7) is 5.47. The molecule has 0 spiro atoms. The number of thioether (sulfide) groups is 1. The molecule has 8 heteroatoms. The van der Waals surface area contributed by atoms with Gasteiger partial charge in [-0.05, 0) is 78.1 Å². The largest absolute Gasteiger partial charge is 1.00 e. The van der Waals surface area contributed by atoms with Gasteiger partial charge < -0.3 is 16.6 Å². The number of carbonyl (C=O) groups is 2. The summed E-state index contributed by atoms with van der Waals surface area (Å²) in [5, 5.41) is 12.3. The molecule has 40 heavy (non-hydrogen) atoms. The van der Waals surface area contributed by atoms with Crippen molar-refractivity contribution in [2.75, 3.05) is 25.1 Å². The van der Waals surface area contributed by atoms with E-state index in [2.05, 4.69) is 34.5 Å². The van der Waals surface area contributed by atoms with Crippen LogP contribution < -0.4 is 24.2 Å². The average molecular weight is 555 g/mol. The Balaban J connectivity index is 0.00000294. The van der Waals surface area contributed by atoms with Crippen molar-refractivity contribution in [1.29, 1.82) is 0 Å². The number of carboxylic acid groups (broad SMARTS) is 1. The molecular formula is C32H39LiN2O4S. The number of nitrogens with zero attached hydrogens (tertiary/aromatic N) is 1. The van der Waals surface area contributed by atoms with E-state index in [0.29, 0.717) is 24.3 Å². The minimum atomic E-state index is -1.02. The minimum absolute atomic E-state index is 0. The van der Waals surface area contributed by atoms with E-state index in [1.165, 1.54) is 5.56 Å². The number of likely N-dealkylation sites (tertiary alicyclic amines) is 1. The fourth-order valence-electron chi connectivity index (χ4n) is 5.00. The van der Waals surface area contributed by atoms with Gasteiger partial charge in [0.05, 0.1) is 12.7 Å². The van der Waals surface area contributed by atoms with Gasteiger partial charge in [0.15, 0.2) is 0 Å². The molecular weight excluding hydrogens is 515 g/mol. The molecule has 0 radical (unpaired) electrons. The van der Waals surface area contributed by atoms with Gasteiger partial charge in [-0.15, -0.1) is 0 Å². The second-order valence-electron chi connectivity index (χ2n) is 10.1. The zero-order valence-electron chi connectivity index (χ0n) is 24.8. The maximum Gasteiger partial charge on any atom is 1.00 e. The van der Waals surface area contributed by atoms with E-state index in [9.17, 15) is 14.7 Å². The normalized spacial score (nSPS) is 14.8. The monoisotopic (exact) mass is 554 g/mol. The molecule has 1 unspecified atom stereocenters. The minimum Gasteiger partial charge on any atom is -1.00 e. The molecule has 1 atom stereocenters. The number of carbonyl (C=O) groups excluding carboxylic acids is 1. The molecule has 1 saturated heterocycles. The Morgan fingerprint density at radius 2 is 1.73 bits per heavy atom. The average Bonchev–Trinajstić information content (AvgIpc) is 2.95. The fourth-order valence-corrected chi connectivity index (χ4v) is 5.47. The topological polar surface area (TPSA) is 78.9 Å². The first kappa shape index (κ1) is 32.0. The molecule has 1 aliphatic rings. The van der Waals surface area contributed by atoms with Gasteiger partial charge in [0.25, 0.3) is 5.91 Å². The number of aliphatic carboxylic acids is 1. The summed E-state index contributed by atoms with van der Waals surface area (Å²) in [4.78, 5) is 27.5.